The summed E-state index contributed by atoms with van der Waals surface area (Å²) in [6, 6.07) is -0.0574. The van der Waals surface area contributed by atoms with Crippen LogP contribution in [0.5, 0.6) is 0 Å². The first kappa shape index (κ1) is 13.5. The third-order valence-corrected chi connectivity index (χ3v) is 6.00. The summed E-state index contributed by atoms with van der Waals surface area (Å²) in [6.45, 7) is 0. The highest BCUT2D eigenvalue weighted by molar-refractivity contribution is 7.09. The molecule has 2 heterocycles. The third-order valence-electron chi connectivity index (χ3n) is 5.25. The summed E-state index contributed by atoms with van der Waals surface area (Å²) in [5.41, 5.74) is 0. The summed E-state index contributed by atoms with van der Waals surface area (Å²) >= 11 is 1.40. The van der Waals surface area contributed by atoms with E-state index >= 15 is 0 Å². The highest BCUT2D eigenvalue weighted by Gasteiger charge is 2.43. The van der Waals surface area contributed by atoms with Crippen LogP contribution in [-0.4, -0.2) is 32.5 Å². The fourth-order valence-electron chi connectivity index (χ4n) is 3.99. The second-order valence-corrected chi connectivity index (χ2v) is 7.39. The van der Waals surface area contributed by atoms with Crippen LogP contribution in [0.25, 0.3) is 0 Å². The number of aromatic nitrogens is 2. The summed E-state index contributed by atoms with van der Waals surface area (Å²) in [5, 5.41) is 10.5. The number of fused-ring (bicyclic) bond motifs is 1. The number of hydrogen-bond acceptors (Lipinski definition) is 5. The van der Waals surface area contributed by atoms with Crippen LogP contribution in [0.15, 0.2) is 0 Å². The molecule has 3 fully saturated rings. The van der Waals surface area contributed by atoms with Crippen molar-refractivity contribution in [1.29, 1.82) is 0 Å². The smallest absolute Gasteiger partial charge is 0.326 e. The number of carboxylic acid groups (broad SMARTS) is 1. The van der Waals surface area contributed by atoms with E-state index in [1.165, 1.54) is 43.6 Å². The van der Waals surface area contributed by atoms with E-state index in [4.69, 9.17) is 0 Å². The molecule has 114 valence electrons. The van der Waals surface area contributed by atoms with Crippen LogP contribution >= 0.6 is 11.5 Å². The molecule has 2 aliphatic carbocycles. The highest BCUT2D eigenvalue weighted by atomic mass is 32.1. The molecule has 1 aromatic heterocycles. The lowest BCUT2D eigenvalue weighted by Crippen LogP contribution is -2.55. The Labute approximate surface area is 128 Å². The van der Waals surface area contributed by atoms with Gasteiger partial charge in [-0.25, -0.2) is 9.78 Å². The van der Waals surface area contributed by atoms with Gasteiger partial charge in [-0.2, -0.15) is 4.37 Å². The minimum atomic E-state index is -0.706. The summed E-state index contributed by atoms with van der Waals surface area (Å²) in [6.07, 6.45) is 9.00. The Kier molecular flexibility index (Phi) is 3.36. The second-order valence-electron chi connectivity index (χ2n) is 6.66. The Balaban J connectivity index is 1.66. The lowest BCUT2D eigenvalue weighted by atomic mass is 9.76. The van der Waals surface area contributed by atoms with Gasteiger partial charge in [0.2, 0.25) is 5.13 Å². The quantitative estimate of drug-likeness (QED) is 0.929. The Morgan fingerprint density at radius 1 is 1.14 bits per heavy atom. The van der Waals surface area contributed by atoms with Crippen LogP contribution < -0.4 is 4.90 Å². The molecule has 0 spiro atoms. The number of piperidine rings is 1. The van der Waals surface area contributed by atoms with E-state index < -0.39 is 12.0 Å². The van der Waals surface area contributed by atoms with Crippen molar-refractivity contribution in [3.63, 3.8) is 0 Å². The Morgan fingerprint density at radius 3 is 2.71 bits per heavy atom. The van der Waals surface area contributed by atoms with Crippen molar-refractivity contribution in [2.45, 2.75) is 69.4 Å². The number of aliphatic carboxylic acids is 1. The van der Waals surface area contributed by atoms with Gasteiger partial charge in [-0.05, 0) is 44.4 Å². The third kappa shape index (κ3) is 2.43. The topological polar surface area (TPSA) is 66.3 Å². The monoisotopic (exact) mass is 307 g/mol. The van der Waals surface area contributed by atoms with Crippen molar-refractivity contribution in [1.82, 2.24) is 9.36 Å². The molecule has 3 aliphatic rings. The zero-order valence-electron chi connectivity index (χ0n) is 12.1. The molecule has 5 nitrogen and oxygen atoms in total. The molecule has 0 bridgehead atoms. The van der Waals surface area contributed by atoms with Gasteiger partial charge >= 0.3 is 5.97 Å². The average Bonchev–Trinajstić information content (AvgIpc) is 3.24. The maximum atomic E-state index is 11.7. The normalized spacial score (nSPS) is 32.8. The molecule has 3 atom stereocenters. The predicted octanol–water partition coefficient (Wildman–Crippen LogP) is 3.03. The van der Waals surface area contributed by atoms with Crippen molar-refractivity contribution < 1.29 is 9.90 Å². The second kappa shape index (κ2) is 5.23. The van der Waals surface area contributed by atoms with Crippen LogP contribution in [0.1, 0.15) is 63.1 Å². The Morgan fingerprint density at radius 2 is 1.95 bits per heavy atom. The molecule has 21 heavy (non-hydrogen) atoms. The van der Waals surface area contributed by atoms with E-state index in [-0.39, 0.29) is 0 Å². The molecule has 2 saturated carbocycles. The zero-order chi connectivity index (χ0) is 14.4. The van der Waals surface area contributed by atoms with Gasteiger partial charge in [0, 0.05) is 23.5 Å². The maximum Gasteiger partial charge on any atom is 0.326 e. The van der Waals surface area contributed by atoms with E-state index in [0.29, 0.717) is 17.9 Å². The van der Waals surface area contributed by atoms with Crippen molar-refractivity contribution in [2.75, 3.05) is 4.90 Å². The van der Waals surface area contributed by atoms with Crippen LogP contribution in [0.4, 0.5) is 5.13 Å². The minimum Gasteiger partial charge on any atom is -0.480 e. The van der Waals surface area contributed by atoms with Gasteiger partial charge in [-0.15, -0.1) is 0 Å². The molecule has 0 aromatic carbocycles. The zero-order valence-corrected chi connectivity index (χ0v) is 12.9. The molecule has 0 amide bonds. The van der Waals surface area contributed by atoms with Gasteiger partial charge in [0.25, 0.3) is 0 Å². The number of carbonyl (C=O) groups is 1. The van der Waals surface area contributed by atoms with E-state index in [0.717, 1.165) is 30.2 Å². The molecule has 6 heteroatoms. The van der Waals surface area contributed by atoms with Crippen LogP contribution in [0.3, 0.4) is 0 Å². The lowest BCUT2D eigenvalue weighted by molar-refractivity contribution is -0.139. The molecule has 1 aliphatic heterocycles. The predicted molar refractivity (Wildman–Crippen MR) is 80.8 cm³/mol. The summed E-state index contributed by atoms with van der Waals surface area (Å²) in [5.74, 6) is 1.41. The van der Waals surface area contributed by atoms with Gasteiger partial charge in [-0.1, -0.05) is 12.8 Å². The summed E-state index contributed by atoms with van der Waals surface area (Å²) < 4.78 is 4.48. The van der Waals surface area contributed by atoms with E-state index in [1.807, 2.05) is 0 Å². The number of carboxylic acids is 1. The SMILES string of the molecule is O=C(O)C1CCC2CCCCC2N1c1nc(C2CC2)ns1. The maximum absolute atomic E-state index is 11.7. The molecular weight excluding hydrogens is 286 g/mol. The average molecular weight is 307 g/mol. The first-order valence-corrected chi connectivity index (χ1v) is 8.86. The number of anilines is 1. The number of hydrogen-bond donors (Lipinski definition) is 1. The summed E-state index contributed by atoms with van der Waals surface area (Å²) in [7, 11) is 0. The van der Waals surface area contributed by atoms with Gasteiger partial charge < -0.3 is 10.0 Å². The first-order valence-electron chi connectivity index (χ1n) is 8.09. The first-order chi connectivity index (χ1) is 10.2. The van der Waals surface area contributed by atoms with Crippen molar-refractivity contribution in [2.24, 2.45) is 5.92 Å². The largest absolute Gasteiger partial charge is 0.480 e. The van der Waals surface area contributed by atoms with E-state index in [2.05, 4.69) is 14.3 Å². The molecule has 4 rings (SSSR count). The van der Waals surface area contributed by atoms with E-state index in [9.17, 15) is 9.90 Å². The Hall–Kier alpha value is -1.17. The van der Waals surface area contributed by atoms with Crippen molar-refractivity contribution in [3.05, 3.63) is 5.82 Å². The number of nitrogens with zero attached hydrogens (tertiary/aromatic N) is 3. The van der Waals surface area contributed by atoms with Crippen LogP contribution in [0.2, 0.25) is 0 Å². The van der Waals surface area contributed by atoms with Crippen LogP contribution in [0, 0.1) is 5.92 Å². The Bertz CT molecular complexity index is 543. The van der Waals surface area contributed by atoms with E-state index in [1.54, 1.807) is 0 Å². The fraction of sp³-hybridized carbons (Fsp3) is 0.800. The highest BCUT2D eigenvalue weighted by Crippen LogP contribution is 2.43. The molecule has 0 radical (unpaired) electrons. The van der Waals surface area contributed by atoms with Gasteiger partial charge in [0.05, 0.1) is 0 Å². The van der Waals surface area contributed by atoms with Crippen LogP contribution in [-0.2, 0) is 4.79 Å². The van der Waals surface area contributed by atoms with Gasteiger partial charge in [-0.3, -0.25) is 0 Å². The summed E-state index contributed by atoms with van der Waals surface area (Å²) in [4.78, 5) is 18.5. The van der Waals surface area contributed by atoms with Gasteiger partial charge in [0.15, 0.2) is 0 Å². The standard InChI is InChI=1S/C15H21N3O2S/c19-14(20)12-8-7-9-3-1-2-4-11(9)18(12)15-16-13(17-21-15)10-5-6-10/h9-12H,1-8H2,(H,19,20). The van der Waals surface area contributed by atoms with Gasteiger partial charge in [0.1, 0.15) is 11.9 Å². The fourth-order valence-corrected chi connectivity index (χ4v) is 4.85. The van der Waals surface area contributed by atoms with Crippen molar-refractivity contribution in [3.8, 4) is 0 Å². The lowest BCUT2D eigenvalue weighted by Gasteiger charge is -2.46. The molecule has 1 aromatic rings. The van der Waals surface area contributed by atoms with Crippen molar-refractivity contribution >= 4 is 22.6 Å². The molecule has 1 N–H and O–H groups in total. The number of rotatable bonds is 3. The molecule has 3 unspecified atom stereocenters. The minimum absolute atomic E-state index is 0.355. The molecular formula is C15H21N3O2S. The molecule has 1 saturated heterocycles.